The van der Waals surface area contributed by atoms with E-state index in [0.29, 0.717) is 12.4 Å². The average Bonchev–Trinajstić information content (AvgIpc) is 2.95. The summed E-state index contributed by atoms with van der Waals surface area (Å²) in [6.45, 7) is 5.94. The van der Waals surface area contributed by atoms with E-state index in [4.69, 9.17) is 9.90 Å². The first kappa shape index (κ1) is 35.3. The van der Waals surface area contributed by atoms with Gasteiger partial charge in [0, 0.05) is 35.9 Å². The van der Waals surface area contributed by atoms with E-state index in [2.05, 4.69) is 29.7 Å². The van der Waals surface area contributed by atoms with E-state index in [-0.39, 0.29) is 28.7 Å². The molecule has 0 saturated carbocycles. The van der Waals surface area contributed by atoms with Crippen LogP contribution in [-0.4, -0.2) is 60.9 Å². The van der Waals surface area contributed by atoms with E-state index < -0.39 is 35.0 Å². The maximum Gasteiger partial charge on any atom is 0.430 e. The minimum Gasteiger partial charge on any atom is -0.542 e. The molecule has 0 bridgehead atoms. The molecule has 45 heavy (non-hydrogen) atoms. The molecule has 1 unspecified atom stereocenters. The largest absolute Gasteiger partial charge is 0.542 e. The number of alkyl halides is 6. The van der Waals surface area contributed by atoms with Gasteiger partial charge >= 0.3 is 12.4 Å². The molecule has 4 rings (SSSR count). The second-order valence-electron chi connectivity index (χ2n) is 10.3. The second kappa shape index (κ2) is 14.3. The van der Waals surface area contributed by atoms with Crippen molar-refractivity contribution in [3.63, 3.8) is 0 Å². The van der Waals surface area contributed by atoms with Gasteiger partial charge in [-0.1, -0.05) is 6.07 Å². The van der Waals surface area contributed by atoms with Crippen molar-refractivity contribution >= 4 is 27.6 Å². The van der Waals surface area contributed by atoms with Gasteiger partial charge in [-0.2, -0.15) is 26.3 Å². The van der Waals surface area contributed by atoms with E-state index in [0.717, 1.165) is 29.7 Å². The van der Waals surface area contributed by atoms with Gasteiger partial charge in [-0.3, -0.25) is 4.72 Å². The Morgan fingerprint density at radius 2 is 1.62 bits per heavy atom. The Kier molecular flexibility index (Phi) is 11.2. The molecular weight excluding hydrogens is 634 g/mol. The zero-order valence-electron chi connectivity index (χ0n) is 24.2. The van der Waals surface area contributed by atoms with E-state index in [1.54, 1.807) is 18.2 Å². The minimum atomic E-state index is -5.19. The van der Waals surface area contributed by atoms with Crippen molar-refractivity contribution in [2.45, 2.75) is 63.1 Å². The number of rotatable bonds is 9. The number of halogens is 6. The Hall–Kier alpha value is -4.19. The number of hydrogen-bond donors (Lipinski definition) is 3. The summed E-state index contributed by atoms with van der Waals surface area (Å²) < 4.78 is 102. The van der Waals surface area contributed by atoms with Gasteiger partial charge in [-0.15, -0.1) is 0 Å². The molecule has 0 radical (unpaired) electrons. The fourth-order valence-corrected chi connectivity index (χ4v) is 5.29. The lowest BCUT2D eigenvalue weighted by molar-refractivity contribution is -0.945. The number of nitrogens with one attached hydrogen (secondary N) is 3. The van der Waals surface area contributed by atoms with Gasteiger partial charge in [0.25, 0.3) is 10.0 Å². The normalized spacial score (nSPS) is 15.7. The number of quaternary nitrogens is 1. The predicted molar refractivity (Wildman–Crippen MR) is 147 cm³/mol. The zero-order valence-corrected chi connectivity index (χ0v) is 25.0. The van der Waals surface area contributed by atoms with E-state index >= 15 is 0 Å². The van der Waals surface area contributed by atoms with Gasteiger partial charge in [0.1, 0.15) is 24.4 Å². The Morgan fingerprint density at radius 3 is 2.16 bits per heavy atom. The maximum absolute atomic E-state index is 13.0. The van der Waals surface area contributed by atoms with E-state index in [1.807, 2.05) is 26.8 Å². The summed E-state index contributed by atoms with van der Waals surface area (Å²) in [5, 5.41) is 11.9. The monoisotopic (exact) mass is 664 g/mol. The van der Waals surface area contributed by atoms with Crippen LogP contribution < -0.4 is 24.8 Å². The summed E-state index contributed by atoms with van der Waals surface area (Å²) in [5.41, 5.74) is 2.85. The fourth-order valence-electron chi connectivity index (χ4n) is 4.25. The molecule has 1 aliphatic heterocycles. The number of sulfonamides is 1. The molecule has 0 spiro atoms. The van der Waals surface area contributed by atoms with Gasteiger partial charge in [-0.25, -0.2) is 23.4 Å². The zero-order chi connectivity index (χ0) is 33.6. The number of aromatic nitrogens is 3. The number of fused-ring (bicyclic) bond motifs is 1. The molecular formula is C27H30F6N6O5S. The number of carbonyl (C=O) groups is 1. The molecule has 11 nitrogen and oxygen atoms in total. The lowest BCUT2D eigenvalue weighted by atomic mass is 9.97. The molecule has 2 atom stereocenters. The van der Waals surface area contributed by atoms with Gasteiger partial charge < -0.3 is 24.9 Å². The number of benzene rings is 1. The fraction of sp³-hybridized carbons (Fsp3) is 0.407. The number of nitrogens with zero attached hydrogens (tertiary/aromatic N) is 3. The number of hydrogen-bond acceptors (Lipinski definition) is 9. The molecule has 0 fully saturated rings. The highest BCUT2D eigenvalue weighted by atomic mass is 32.2. The lowest BCUT2D eigenvalue weighted by Gasteiger charge is -2.31. The molecule has 0 amide bonds. The Bertz CT molecular complexity index is 1550. The average molecular weight is 665 g/mol. The smallest absolute Gasteiger partial charge is 0.430 e. The summed E-state index contributed by atoms with van der Waals surface area (Å²) in [4.78, 5) is 22.4. The summed E-state index contributed by atoms with van der Waals surface area (Å²) in [6.07, 6.45) is -4.51. The Balaban J connectivity index is 0.000000707. The van der Waals surface area contributed by atoms with Crippen molar-refractivity contribution in [2.75, 3.05) is 23.2 Å². The molecule has 1 aromatic carbocycles. The molecule has 3 aromatic rings. The van der Waals surface area contributed by atoms with Crippen molar-refractivity contribution in [2.24, 2.45) is 0 Å². The molecule has 2 aromatic heterocycles. The minimum absolute atomic E-state index is 0.0149. The van der Waals surface area contributed by atoms with Crippen molar-refractivity contribution in [3.8, 4) is 5.88 Å². The number of carbonyl (C=O) groups excluding carboxylic acids is 1. The van der Waals surface area contributed by atoms with E-state index in [1.165, 1.54) is 29.6 Å². The predicted octanol–water partition coefficient (Wildman–Crippen LogP) is 2.43. The first-order valence-corrected chi connectivity index (χ1v) is 14.8. The van der Waals surface area contributed by atoms with Gasteiger partial charge in [0.15, 0.2) is 12.4 Å². The first-order valence-electron chi connectivity index (χ1n) is 13.4. The third-order valence-corrected chi connectivity index (χ3v) is 7.79. The van der Waals surface area contributed by atoms with Crippen LogP contribution in [0.1, 0.15) is 43.5 Å². The van der Waals surface area contributed by atoms with E-state index in [9.17, 15) is 34.8 Å². The van der Waals surface area contributed by atoms with Crippen molar-refractivity contribution in [3.05, 3.63) is 65.6 Å². The molecule has 1 aliphatic rings. The van der Waals surface area contributed by atoms with Gasteiger partial charge in [-0.05, 0) is 44.5 Å². The van der Waals surface area contributed by atoms with Crippen molar-refractivity contribution < 1.29 is 54.3 Å². The Labute approximate surface area is 254 Å². The number of anilines is 2. The van der Waals surface area contributed by atoms with Gasteiger partial charge in [0.2, 0.25) is 5.88 Å². The van der Waals surface area contributed by atoms with Gasteiger partial charge in [0.05, 0.1) is 23.8 Å². The third kappa shape index (κ3) is 10.7. The first-order chi connectivity index (χ1) is 20.8. The number of pyridine rings is 1. The summed E-state index contributed by atoms with van der Waals surface area (Å²) in [5.74, 6) is -2.43. The van der Waals surface area contributed by atoms with Crippen LogP contribution in [0.5, 0.6) is 5.88 Å². The maximum atomic E-state index is 13.0. The Morgan fingerprint density at radius 1 is 0.978 bits per heavy atom. The molecule has 0 saturated heterocycles. The SMILES string of the molecule is CC(C)Nc1cnc(NS(=O)(=O)c2ccc3c(c2)C[NH+]([C@H](C)c2ccc(OCC(F)(F)F)nc2)CC3)cn1.O=C([O-])C(F)(F)F. The van der Waals surface area contributed by atoms with Crippen LogP contribution in [0.3, 0.4) is 0 Å². The highest BCUT2D eigenvalue weighted by Crippen LogP contribution is 2.22. The number of carboxylic acid groups (broad SMARTS) is 1. The van der Waals surface area contributed by atoms with Crippen LogP contribution in [0.4, 0.5) is 38.0 Å². The standard InChI is InChI=1S/C25H29F3N6O3S.C2HF3O2/c1-16(2)32-22-12-30-23(13-29-22)33-38(35,36)21-6-4-18-8-9-34(14-20(18)10-21)17(3)19-5-7-24(31-11-19)37-15-25(26,27)28;3-2(4,5)1(6)7/h4-7,10-13,16-17H,8-9,14-15H2,1-3H3,(H,29,32)(H,30,33);(H,6,7)/t17-;/m1./s1. The quantitative estimate of drug-likeness (QED) is 0.293. The molecule has 246 valence electrons. The van der Waals surface area contributed by atoms with Crippen LogP contribution in [0.2, 0.25) is 0 Å². The highest BCUT2D eigenvalue weighted by molar-refractivity contribution is 7.92. The van der Waals surface area contributed by atoms with Crippen molar-refractivity contribution in [1.82, 2.24) is 15.0 Å². The van der Waals surface area contributed by atoms with Crippen LogP contribution >= 0.6 is 0 Å². The van der Waals surface area contributed by atoms with Crippen LogP contribution in [0, 0.1) is 0 Å². The molecule has 18 heteroatoms. The van der Waals surface area contributed by atoms with Crippen LogP contribution in [-0.2, 0) is 27.8 Å². The lowest BCUT2D eigenvalue weighted by Crippen LogP contribution is -3.11. The topological polar surface area (TPSA) is 151 Å². The third-order valence-electron chi connectivity index (χ3n) is 6.44. The number of ether oxygens (including phenoxy) is 1. The molecule has 3 N–H and O–H groups in total. The summed E-state index contributed by atoms with van der Waals surface area (Å²) in [7, 11) is -3.88. The van der Waals surface area contributed by atoms with Crippen LogP contribution in [0.25, 0.3) is 0 Å². The summed E-state index contributed by atoms with van der Waals surface area (Å²) >= 11 is 0. The van der Waals surface area contributed by atoms with Crippen molar-refractivity contribution in [1.29, 1.82) is 0 Å². The van der Waals surface area contributed by atoms with Crippen LogP contribution in [0.15, 0.2) is 53.8 Å². The molecule has 0 aliphatic carbocycles. The summed E-state index contributed by atoms with van der Waals surface area (Å²) in [6, 6.07) is 8.39. The number of carboxylic acids is 1. The molecule has 3 heterocycles. The second-order valence-corrected chi connectivity index (χ2v) is 12.0. The highest BCUT2D eigenvalue weighted by Gasteiger charge is 2.30. The number of aliphatic carboxylic acids is 1.